The highest BCUT2D eigenvalue weighted by molar-refractivity contribution is 5.88. The van der Waals surface area contributed by atoms with Crippen molar-refractivity contribution in [3.05, 3.63) is 35.4 Å². The van der Waals surface area contributed by atoms with Crippen molar-refractivity contribution in [1.29, 1.82) is 0 Å². The van der Waals surface area contributed by atoms with Gasteiger partial charge in [-0.25, -0.2) is 9.59 Å². The third-order valence-electron chi connectivity index (χ3n) is 16.5. The number of alkyl carbamates (subject to hydrolysis) is 1. The van der Waals surface area contributed by atoms with Gasteiger partial charge >= 0.3 is 12.1 Å². The molecule has 0 spiro atoms. The second-order valence-electron chi connectivity index (χ2n) is 21.5. The lowest BCUT2D eigenvalue weighted by molar-refractivity contribution is -0.121. The number of carbonyl (C=O) groups excluding carboxylic acids is 2. The fraction of sp³-hybridized carbons (Fsp3) is 0.800. The summed E-state index contributed by atoms with van der Waals surface area (Å²) in [7, 11) is 0. The number of carboxylic acid groups (broad SMARTS) is 1. The summed E-state index contributed by atoms with van der Waals surface area (Å²) in [6, 6.07) is 4.53. The van der Waals surface area contributed by atoms with Gasteiger partial charge in [-0.15, -0.1) is 0 Å². The molecule has 0 bridgehead atoms. The molecule has 0 aromatic heterocycles. The molecule has 3 N–H and O–H groups in total. The fourth-order valence-electron chi connectivity index (χ4n) is 12.9. The second kappa shape index (κ2) is 26.2. The maximum Gasteiger partial charge on any atom is 0.407 e. The predicted molar refractivity (Wildman–Crippen MR) is 259 cm³/mol. The molecule has 1 aromatic carbocycles. The largest absolute Gasteiger partial charge is 0.492 e. The number of amides is 2. The highest BCUT2D eigenvalue weighted by atomic mass is 16.6. The number of carboxylic acids is 1. The quantitative estimate of drug-likeness (QED) is 0.0541. The van der Waals surface area contributed by atoms with Crippen LogP contribution in [0.4, 0.5) is 4.79 Å². The van der Waals surface area contributed by atoms with E-state index in [1.165, 1.54) is 140 Å². The van der Waals surface area contributed by atoms with E-state index < -0.39 is 12.1 Å². The van der Waals surface area contributed by atoms with E-state index in [9.17, 15) is 19.5 Å². The third-order valence-corrected chi connectivity index (χ3v) is 16.5. The lowest BCUT2D eigenvalue weighted by Gasteiger charge is -2.58. The van der Waals surface area contributed by atoms with Crippen LogP contribution in [0, 0.1) is 46.3 Å². The second-order valence-corrected chi connectivity index (χ2v) is 21.5. The van der Waals surface area contributed by atoms with E-state index in [2.05, 4.69) is 58.3 Å². The summed E-state index contributed by atoms with van der Waals surface area (Å²) < 4.78 is 17.6. The Kier molecular flexibility index (Phi) is 21.2. The molecule has 3 fully saturated rings. The molecular weight excluding hydrogens is 801 g/mol. The molecule has 64 heavy (non-hydrogen) atoms. The van der Waals surface area contributed by atoms with Crippen LogP contribution < -0.4 is 20.1 Å². The van der Waals surface area contributed by atoms with E-state index in [1.54, 1.807) is 6.07 Å². The fourth-order valence-corrected chi connectivity index (χ4v) is 12.9. The zero-order valence-electron chi connectivity index (χ0n) is 41.3. The minimum Gasteiger partial charge on any atom is -0.492 e. The number of carbonyl (C=O) groups is 3. The van der Waals surface area contributed by atoms with Crippen molar-refractivity contribution in [2.75, 3.05) is 26.3 Å². The van der Waals surface area contributed by atoms with Crippen LogP contribution >= 0.6 is 0 Å². The Bertz CT molecular complexity index is 1630. The minimum atomic E-state index is -1.10. The summed E-state index contributed by atoms with van der Waals surface area (Å²) in [5, 5.41) is 15.5. The number of nitrogens with one attached hydrogen (secondary N) is 2. The lowest BCUT2D eigenvalue weighted by atomic mass is 9.47. The third kappa shape index (κ3) is 15.2. The summed E-state index contributed by atoms with van der Waals surface area (Å²) in [5.41, 5.74) is 2.21. The summed E-state index contributed by atoms with van der Waals surface area (Å²) >= 11 is 0. The Morgan fingerprint density at radius 2 is 1.36 bits per heavy atom. The van der Waals surface area contributed by atoms with Crippen LogP contribution in [0.1, 0.15) is 212 Å². The molecule has 1 aromatic rings. The van der Waals surface area contributed by atoms with Crippen molar-refractivity contribution >= 4 is 18.0 Å². The molecule has 0 saturated heterocycles. The van der Waals surface area contributed by atoms with Gasteiger partial charge < -0.3 is 30.0 Å². The average Bonchev–Trinajstić information content (AvgIpc) is 3.63. The SMILES string of the molecule is CCCCCCCCCCCCCCCC(=O)NCCOc1cc(OCCNC(=O)O[C@H]2CC[C@@]3(C)C(=CC[C@H]4[C@@H]5CC[C@H]([C@H](C)CCCC(C)C)[C@@]5(C)CC[C@@H]43)C2)cc(C(=O)O)c1. The molecule has 9 heteroatoms. The molecule has 5 rings (SSSR count). The normalized spacial score (nSPS) is 26.5. The van der Waals surface area contributed by atoms with Gasteiger partial charge in [-0.1, -0.05) is 150 Å². The van der Waals surface area contributed by atoms with Gasteiger partial charge in [0.15, 0.2) is 0 Å². The zero-order valence-corrected chi connectivity index (χ0v) is 41.3. The predicted octanol–water partition coefficient (Wildman–Crippen LogP) is 13.9. The van der Waals surface area contributed by atoms with Crippen LogP contribution in [-0.2, 0) is 9.53 Å². The Morgan fingerprint density at radius 3 is 1.98 bits per heavy atom. The first kappa shape index (κ1) is 51.7. The van der Waals surface area contributed by atoms with Crippen molar-refractivity contribution in [3.8, 4) is 11.5 Å². The molecule has 8 atom stereocenters. The molecule has 9 nitrogen and oxygen atoms in total. The van der Waals surface area contributed by atoms with Crippen molar-refractivity contribution < 1.29 is 33.7 Å². The van der Waals surface area contributed by atoms with Crippen LogP contribution in [-0.4, -0.2) is 55.5 Å². The molecule has 4 aliphatic rings. The van der Waals surface area contributed by atoms with Crippen LogP contribution in [0.25, 0.3) is 0 Å². The first-order valence-corrected chi connectivity index (χ1v) is 26.4. The van der Waals surface area contributed by atoms with E-state index in [4.69, 9.17) is 14.2 Å². The monoisotopic (exact) mass is 891 g/mol. The number of benzene rings is 1. The molecule has 3 saturated carbocycles. The number of ether oxygens (including phenoxy) is 3. The van der Waals surface area contributed by atoms with Crippen LogP contribution in [0.5, 0.6) is 11.5 Å². The first-order valence-electron chi connectivity index (χ1n) is 26.4. The Morgan fingerprint density at radius 1 is 0.734 bits per heavy atom. The number of hydrogen-bond donors (Lipinski definition) is 3. The van der Waals surface area contributed by atoms with Gasteiger partial charge in [-0.2, -0.15) is 0 Å². The van der Waals surface area contributed by atoms with E-state index in [-0.39, 0.29) is 42.7 Å². The number of hydrogen-bond acceptors (Lipinski definition) is 6. The average molecular weight is 891 g/mol. The van der Waals surface area contributed by atoms with Crippen LogP contribution in [0.15, 0.2) is 29.8 Å². The molecule has 0 heterocycles. The molecule has 0 radical (unpaired) electrons. The lowest BCUT2D eigenvalue weighted by Crippen LogP contribution is -2.51. The molecule has 4 aliphatic carbocycles. The maximum atomic E-state index is 13.0. The highest BCUT2D eigenvalue weighted by Crippen LogP contribution is 2.67. The zero-order chi connectivity index (χ0) is 46.0. The Labute approximate surface area is 388 Å². The van der Waals surface area contributed by atoms with Gasteiger partial charge in [-0.3, -0.25) is 4.79 Å². The van der Waals surface area contributed by atoms with Gasteiger partial charge in [0, 0.05) is 18.9 Å². The molecular formula is C55H90N2O7. The maximum absolute atomic E-state index is 13.0. The summed E-state index contributed by atoms with van der Waals surface area (Å²) in [6.07, 6.45) is 32.5. The smallest absolute Gasteiger partial charge is 0.407 e. The van der Waals surface area contributed by atoms with E-state index in [1.807, 2.05) is 0 Å². The van der Waals surface area contributed by atoms with Gasteiger partial charge in [0.2, 0.25) is 5.91 Å². The van der Waals surface area contributed by atoms with Crippen molar-refractivity contribution in [3.63, 3.8) is 0 Å². The number of unbranched alkanes of at least 4 members (excludes halogenated alkanes) is 12. The number of rotatable bonds is 29. The summed E-state index contributed by atoms with van der Waals surface area (Å²) in [5.74, 6) is 4.39. The highest BCUT2D eigenvalue weighted by Gasteiger charge is 2.59. The van der Waals surface area contributed by atoms with Gasteiger partial charge in [-0.05, 0) is 110 Å². The Hall–Kier alpha value is -3.23. The number of fused-ring (bicyclic) bond motifs is 5. The Balaban J connectivity index is 0.958. The standard InChI is InChI=1S/C55H90N2O7/c1-7-8-9-10-11-12-13-14-15-16-17-18-19-23-51(58)56-32-34-62-45-36-42(52(59)60)37-46(39-45)63-35-33-57-53(61)64-44-28-30-54(5)43(38-44)24-25-47-49-27-26-48(41(4)22-20-21-40(2)3)55(49,6)31-29-50(47)54/h24,36-37,39-41,44,47-50H,7-23,25-35,38H2,1-6H3,(H,56,58)(H,57,61)(H,59,60)/t41-,44+,47+,48-,49+,50+,54+,55-/m1/s1. The number of allylic oxidation sites excluding steroid dienone is 1. The van der Waals surface area contributed by atoms with Gasteiger partial charge in [0.1, 0.15) is 30.8 Å². The van der Waals surface area contributed by atoms with E-state index in [0.29, 0.717) is 29.9 Å². The topological polar surface area (TPSA) is 123 Å². The molecule has 362 valence electrons. The van der Waals surface area contributed by atoms with Crippen molar-refractivity contribution in [2.45, 2.75) is 208 Å². The van der Waals surface area contributed by atoms with E-state index >= 15 is 0 Å². The summed E-state index contributed by atoms with van der Waals surface area (Å²) in [4.78, 5) is 37.2. The first-order chi connectivity index (χ1) is 30.8. The number of aromatic carboxylic acids is 1. The van der Waals surface area contributed by atoms with Crippen molar-refractivity contribution in [2.24, 2.45) is 46.3 Å². The van der Waals surface area contributed by atoms with Crippen molar-refractivity contribution in [1.82, 2.24) is 10.6 Å². The summed E-state index contributed by atoms with van der Waals surface area (Å²) in [6.45, 7) is 15.6. The minimum absolute atomic E-state index is 0.00811. The molecule has 0 aliphatic heterocycles. The molecule has 2 amide bonds. The van der Waals surface area contributed by atoms with Crippen LogP contribution in [0.3, 0.4) is 0 Å². The van der Waals surface area contributed by atoms with Crippen LogP contribution in [0.2, 0.25) is 0 Å². The van der Waals surface area contributed by atoms with Gasteiger partial charge in [0.05, 0.1) is 18.7 Å². The molecule has 0 unspecified atom stereocenters. The van der Waals surface area contributed by atoms with Gasteiger partial charge in [0.25, 0.3) is 0 Å². The van der Waals surface area contributed by atoms with E-state index in [0.717, 1.165) is 67.6 Å².